The molecule has 3 aromatic rings. The molecular weight excluding hydrogens is 488 g/mol. The van der Waals surface area contributed by atoms with E-state index in [4.69, 9.17) is 4.74 Å². The average molecular weight is 508 g/mol. The van der Waals surface area contributed by atoms with Crippen molar-refractivity contribution in [3.05, 3.63) is 61.2 Å². The summed E-state index contributed by atoms with van der Waals surface area (Å²) >= 11 is 6.76. The molecule has 0 amide bonds. The molecule has 1 aromatic heterocycles. The Morgan fingerprint density at radius 1 is 1.11 bits per heavy atom. The molecule has 0 bridgehead atoms. The van der Waals surface area contributed by atoms with Crippen molar-refractivity contribution in [1.29, 1.82) is 0 Å². The first kappa shape index (κ1) is 19.5. The molecule has 1 saturated carbocycles. The number of rotatable bonds is 5. The van der Waals surface area contributed by atoms with Crippen molar-refractivity contribution < 1.29 is 9.66 Å². The Morgan fingerprint density at radius 3 is 2.50 bits per heavy atom. The minimum absolute atomic E-state index is 0.00181. The molecule has 4 rings (SSSR count). The van der Waals surface area contributed by atoms with Crippen LogP contribution in [0, 0.1) is 16.0 Å². The monoisotopic (exact) mass is 506 g/mol. The van der Waals surface area contributed by atoms with Crippen LogP contribution in [0.4, 0.5) is 5.69 Å². The van der Waals surface area contributed by atoms with E-state index in [9.17, 15) is 10.1 Å². The number of nitro groups is 1. The normalized spacial score (nSPS) is 15.1. The van der Waals surface area contributed by atoms with E-state index in [1.807, 2.05) is 18.2 Å². The van der Waals surface area contributed by atoms with Crippen molar-refractivity contribution >= 4 is 48.5 Å². The van der Waals surface area contributed by atoms with Crippen molar-refractivity contribution in [2.45, 2.75) is 38.5 Å². The molecule has 0 atom stereocenters. The van der Waals surface area contributed by atoms with E-state index in [1.54, 1.807) is 0 Å². The highest BCUT2D eigenvalue weighted by Crippen LogP contribution is 2.40. The lowest BCUT2D eigenvalue weighted by molar-refractivity contribution is -0.385. The number of hydrogen-bond acceptors (Lipinski definition) is 3. The third-order valence-corrected chi connectivity index (χ3v) is 6.56. The van der Waals surface area contributed by atoms with E-state index >= 15 is 0 Å². The molecule has 146 valence electrons. The highest BCUT2D eigenvalue weighted by Gasteiger charge is 2.18. The maximum atomic E-state index is 11.0. The lowest BCUT2D eigenvalue weighted by Gasteiger charge is -2.21. The third kappa shape index (κ3) is 4.10. The fraction of sp³-hybridized carbons (Fsp3) is 0.333. The van der Waals surface area contributed by atoms with E-state index in [-0.39, 0.29) is 5.69 Å². The summed E-state index contributed by atoms with van der Waals surface area (Å²) < 4.78 is 7.13. The van der Waals surface area contributed by atoms with Crippen LogP contribution in [-0.4, -0.2) is 9.91 Å². The van der Waals surface area contributed by atoms with Crippen molar-refractivity contribution in [2.75, 3.05) is 0 Å². The Kier molecular flexibility index (Phi) is 5.73. The van der Waals surface area contributed by atoms with Gasteiger partial charge in [-0.1, -0.05) is 32.1 Å². The Balaban J connectivity index is 1.61. The quantitative estimate of drug-likeness (QED) is 0.287. The summed E-state index contributed by atoms with van der Waals surface area (Å²) in [6.45, 7) is 0. The van der Waals surface area contributed by atoms with Crippen LogP contribution in [0.1, 0.15) is 37.7 Å². The van der Waals surface area contributed by atoms with Crippen LogP contribution in [0.3, 0.4) is 0 Å². The van der Waals surface area contributed by atoms with Crippen LogP contribution >= 0.6 is 31.9 Å². The molecular formula is C21H20Br2N2O3. The molecule has 1 aliphatic carbocycles. The number of non-ortho nitro benzene ring substituents is 1. The fourth-order valence-corrected chi connectivity index (χ4v) is 5.28. The van der Waals surface area contributed by atoms with Crippen molar-refractivity contribution in [2.24, 2.45) is 5.92 Å². The van der Waals surface area contributed by atoms with Gasteiger partial charge in [0.05, 0.1) is 13.9 Å². The standard InChI is InChI=1S/C21H20Br2N2O3/c22-18-9-15(25(26)27)10-19(23)21(18)28-16-6-7-20-17(11-16)14(12-24-20)8-13-4-2-1-3-5-13/h6-7,9-13,24H,1-5,8H2. The van der Waals surface area contributed by atoms with Gasteiger partial charge in [-0.15, -0.1) is 0 Å². The Labute approximate surface area is 179 Å². The number of aromatic nitrogens is 1. The number of H-pyrrole nitrogens is 1. The second-order valence-corrected chi connectivity index (χ2v) is 9.04. The van der Waals surface area contributed by atoms with Gasteiger partial charge in [0.25, 0.3) is 5.69 Å². The van der Waals surface area contributed by atoms with E-state index in [1.165, 1.54) is 55.2 Å². The fourth-order valence-electron chi connectivity index (χ4n) is 3.96. The first-order chi connectivity index (χ1) is 13.5. The molecule has 7 heteroatoms. The van der Waals surface area contributed by atoms with Gasteiger partial charge in [0.15, 0.2) is 5.75 Å². The number of benzene rings is 2. The van der Waals surface area contributed by atoms with Gasteiger partial charge in [-0.25, -0.2) is 0 Å². The summed E-state index contributed by atoms with van der Waals surface area (Å²) in [5.41, 5.74) is 2.43. The van der Waals surface area contributed by atoms with Gasteiger partial charge in [0, 0.05) is 29.2 Å². The Hall–Kier alpha value is -1.86. The Bertz CT molecular complexity index is 1000. The number of fused-ring (bicyclic) bond motifs is 1. The van der Waals surface area contributed by atoms with Gasteiger partial charge in [-0.2, -0.15) is 0 Å². The number of hydrogen-bond donors (Lipinski definition) is 1. The average Bonchev–Trinajstić information content (AvgIpc) is 3.07. The molecule has 0 aliphatic heterocycles. The van der Waals surface area contributed by atoms with Crippen LogP contribution in [0.15, 0.2) is 45.5 Å². The lowest BCUT2D eigenvalue weighted by Crippen LogP contribution is -2.08. The second kappa shape index (κ2) is 8.25. The van der Waals surface area contributed by atoms with Crippen LogP contribution in [0.2, 0.25) is 0 Å². The van der Waals surface area contributed by atoms with E-state index in [2.05, 4.69) is 43.0 Å². The molecule has 0 spiro atoms. The highest BCUT2D eigenvalue weighted by atomic mass is 79.9. The molecule has 0 radical (unpaired) electrons. The highest BCUT2D eigenvalue weighted by molar-refractivity contribution is 9.11. The SMILES string of the molecule is O=[N+]([O-])c1cc(Br)c(Oc2ccc3[nH]cc(CC4CCCCC4)c3c2)c(Br)c1. The summed E-state index contributed by atoms with van der Waals surface area (Å²) in [6.07, 6.45) is 9.86. The number of nitro benzene ring substituents is 1. The Morgan fingerprint density at radius 2 is 1.82 bits per heavy atom. The smallest absolute Gasteiger partial charge is 0.271 e. The maximum absolute atomic E-state index is 11.0. The zero-order chi connectivity index (χ0) is 19.7. The molecule has 28 heavy (non-hydrogen) atoms. The van der Waals surface area contributed by atoms with E-state index in [0.29, 0.717) is 20.4 Å². The summed E-state index contributed by atoms with van der Waals surface area (Å²) in [7, 11) is 0. The van der Waals surface area contributed by atoms with Gasteiger partial charge >= 0.3 is 0 Å². The van der Waals surface area contributed by atoms with Gasteiger partial charge in [0.1, 0.15) is 5.75 Å². The molecule has 2 aromatic carbocycles. The van der Waals surface area contributed by atoms with Crippen LogP contribution in [-0.2, 0) is 6.42 Å². The van der Waals surface area contributed by atoms with E-state index in [0.717, 1.165) is 17.9 Å². The van der Waals surface area contributed by atoms with Gasteiger partial charge < -0.3 is 9.72 Å². The lowest BCUT2D eigenvalue weighted by atomic mass is 9.85. The first-order valence-corrected chi connectivity index (χ1v) is 11.0. The number of nitrogens with zero attached hydrogens (tertiary/aromatic N) is 1. The van der Waals surface area contributed by atoms with Gasteiger partial charge in [-0.3, -0.25) is 10.1 Å². The molecule has 0 unspecified atom stereocenters. The van der Waals surface area contributed by atoms with Crippen molar-refractivity contribution in [3.8, 4) is 11.5 Å². The van der Waals surface area contributed by atoms with Crippen LogP contribution in [0.25, 0.3) is 10.9 Å². The second-order valence-electron chi connectivity index (χ2n) is 7.33. The molecule has 0 saturated heterocycles. The third-order valence-electron chi connectivity index (χ3n) is 5.39. The topological polar surface area (TPSA) is 68.2 Å². The number of ether oxygens (including phenoxy) is 1. The zero-order valence-electron chi connectivity index (χ0n) is 15.2. The summed E-state index contributed by atoms with van der Waals surface area (Å²) in [5.74, 6) is 1.98. The van der Waals surface area contributed by atoms with Crippen LogP contribution < -0.4 is 4.74 Å². The maximum Gasteiger partial charge on any atom is 0.271 e. The molecule has 5 nitrogen and oxygen atoms in total. The summed E-state index contributed by atoms with van der Waals surface area (Å²) in [6, 6.07) is 8.86. The van der Waals surface area contributed by atoms with Gasteiger partial charge in [-0.05, 0) is 68.0 Å². The number of nitrogens with one attached hydrogen (secondary N) is 1. The van der Waals surface area contributed by atoms with Gasteiger partial charge in [0.2, 0.25) is 0 Å². The molecule has 1 fully saturated rings. The summed E-state index contributed by atoms with van der Waals surface area (Å²) in [5, 5.41) is 12.2. The minimum Gasteiger partial charge on any atom is -0.455 e. The molecule has 1 N–H and O–H groups in total. The molecule has 1 aliphatic rings. The number of aromatic amines is 1. The minimum atomic E-state index is -0.428. The van der Waals surface area contributed by atoms with Crippen LogP contribution in [0.5, 0.6) is 11.5 Å². The first-order valence-electron chi connectivity index (χ1n) is 9.42. The summed E-state index contributed by atoms with van der Waals surface area (Å²) in [4.78, 5) is 13.9. The molecule has 1 heterocycles. The zero-order valence-corrected chi connectivity index (χ0v) is 18.4. The number of halogens is 2. The van der Waals surface area contributed by atoms with Crippen molar-refractivity contribution in [3.63, 3.8) is 0 Å². The largest absolute Gasteiger partial charge is 0.455 e. The van der Waals surface area contributed by atoms with Crippen molar-refractivity contribution in [1.82, 2.24) is 4.98 Å². The van der Waals surface area contributed by atoms with E-state index < -0.39 is 4.92 Å². The predicted molar refractivity (Wildman–Crippen MR) is 117 cm³/mol. The predicted octanol–water partition coefficient (Wildman–Crippen LogP) is 7.52.